The van der Waals surface area contributed by atoms with Crippen LogP contribution in [-0.4, -0.2) is 6.54 Å². The Bertz CT molecular complexity index is 554. The molecular weight excluding hydrogens is 256 g/mol. The second-order valence-electron chi connectivity index (χ2n) is 5.12. The third-order valence-corrected chi connectivity index (χ3v) is 3.54. The highest BCUT2D eigenvalue weighted by atomic mass is 19.2. The summed E-state index contributed by atoms with van der Waals surface area (Å²) >= 11 is 0. The normalized spacial score (nSPS) is 14.0. The molecule has 2 atom stereocenters. The second-order valence-corrected chi connectivity index (χ2v) is 5.12. The van der Waals surface area contributed by atoms with E-state index in [1.165, 1.54) is 17.7 Å². The zero-order valence-corrected chi connectivity index (χ0v) is 11.7. The predicted molar refractivity (Wildman–Crippen MR) is 77.6 cm³/mol. The van der Waals surface area contributed by atoms with Crippen molar-refractivity contribution in [2.45, 2.75) is 25.8 Å². The molecule has 0 heterocycles. The fourth-order valence-corrected chi connectivity index (χ4v) is 2.15. The molecule has 0 aliphatic heterocycles. The standard InChI is InChI=1S/C17H19F2N/c1-12(14-6-4-3-5-7-14)11-20-13(2)15-8-9-16(18)17(19)10-15/h3-10,12-13,20H,11H2,1-2H3. The van der Waals surface area contributed by atoms with Gasteiger partial charge in [-0.2, -0.15) is 0 Å². The molecule has 0 saturated heterocycles. The largest absolute Gasteiger partial charge is 0.310 e. The van der Waals surface area contributed by atoms with E-state index >= 15 is 0 Å². The second kappa shape index (κ2) is 6.62. The molecule has 2 aromatic carbocycles. The van der Waals surface area contributed by atoms with Crippen LogP contribution in [-0.2, 0) is 0 Å². The van der Waals surface area contributed by atoms with E-state index in [-0.39, 0.29) is 6.04 Å². The van der Waals surface area contributed by atoms with Crippen LogP contribution in [0.4, 0.5) is 8.78 Å². The minimum Gasteiger partial charge on any atom is -0.310 e. The van der Waals surface area contributed by atoms with Crippen LogP contribution < -0.4 is 5.32 Å². The van der Waals surface area contributed by atoms with Crippen molar-refractivity contribution in [1.29, 1.82) is 0 Å². The van der Waals surface area contributed by atoms with E-state index in [1.54, 1.807) is 6.07 Å². The van der Waals surface area contributed by atoms with Crippen LogP contribution in [0.2, 0.25) is 0 Å². The summed E-state index contributed by atoms with van der Waals surface area (Å²) in [4.78, 5) is 0. The van der Waals surface area contributed by atoms with Gasteiger partial charge in [-0.3, -0.25) is 0 Å². The van der Waals surface area contributed by atoms with E-state index in [4.69, 9.17) is 0 Å². The lowest BCUT2D eigenvalue weighted by molar-refractivity contribution is 0.497. The van der Waals surface area contributed by atoms with Gasteiger partial charge in [0.2, 0.25) is 0 Å². The Labute approximate surface area is 118 Å². The zero-order chi connectivity index (χ0) is 14.5. The molecule has 106 valence electrons. The molecule has 0 aromatic heterocycles. The van der Waals surface area contributed by atoms with Crippen LogP contribution in [0, 0.1) is 11.6 Å². The first-order valence-corrected chi connectivity index (χ1v) is 6.81. The molecule has 0 amide bonds. The maximum Gasteiger partial charge on any atom is 0.159 e. The number of hydrogen-bond acceptors (Lipinski definition) is 1. The third kappa shape index (κ3) is 3.64. The van der Waals surface area contributed by atoms with Crippen molar-refractivity contribution in [1.82, 2.24) is 5.32 Å². The molecule has 0 aliphatic carbocycles. The molecule has 3 heteroatoms. The topological polar surface area (TPSA) is 12.0 Å². The number of benzene rings is 2. The molecule has 0 aliphatic rings. The summed E-state index contributed by atoms with van der Waals surface area (Å²) in [7, 11) is 0. The maximum absolute atomic E-state index is 13.2. The SMILES string of the molecule is CC(CNC(C)c1ccc(F)c(F)c1)c1ccccc1. The summed E-state index contributed by atoms with van der Waals surface area (Å²) in [5.41, 5.74) is 2.02. The fourth-order valence-electron chi connectivity index (χ4n) is 2.15. The summed E-state index contributed by atoms with van der Waals surface area (Å²) in [6, 6.07) is 14.2. The molecule has 2 rings (SSSR count). The van der Waals surface area contributed by atoms with E-state index in [0.29, 0.717) is 5.92 Å². The van der Waals surface area contributed by atoms with Gasteiger partial charge in [-0.1, -0.05) is 43.3 Å². The van der Waals surface area contributed by atoms with Crippen molar-refractivity contribution in [3.63, 3.8) is 0 Å². The Balaban J connectivity index is 1.95. The lowest BCUT2D eigenvalue weighted by Gasteiger charge is -2.18. The average molecular weight is 275 g/mol. The minimum absolute atomic E-state index is 0.0173. The van der Waals surface area contributed by atoms with Gasteiger partial charge >= 0.3 is 0 Å². The quantitative estimate of drug-likeness (QED) is 0.851. The third-order valence-electron chi connectivity index (χ3n) is 3.54. The number of rotatable bonds is 5. The Hall–Kier alpha value is -1.74. The molecule has 0 spiro atoms. The van der Waals surface area contributed by atoms with Gasteiger partial charge in [0.1, 0.15) is 0 Å². The molecular formula is C17H19F2N. The summed E-state index contributed by atoms with van der Waals surface area (Å²) in [5.74, 6) is -1.24. The molecule has 0 radical (unpaired) electrons. The highest BCUT2D eigenvalue weighted by molar-refractivity contribution is 5.22. The van der Waals surface area contributed by atoms with Crippen molar-refractivity contribution in [2.75, 3.05) is 6.54 Å². The molecule has 0 bridgehead atoms. The molecule has 1 N–H and O–H groups in total. The van der Waals surface area contributed by atoms with Crippen LogP contribution in [0.1, 0.15) is 36.9 Å². The van der Waals surface area contributed by atoms with Gasteiger partial charge in [0.15, 0.2) is 11.6 Å². The lowest BCUT2D eigenvalue weighted by atomic mass is 10.0. The van der Waals surface area contributed by atoms with Gasteiger partial charge in [0, 0.05) is 12.6 Å². The summed E-state index contributed by atoms with van der Waals surface area (Å²) in [5, 5.41) is 3.35. The Morgan fingerprint density at radius 2 is 1.60 bits per heavy atom. The number of nitrogens with one attached hydrogen (secondary N) is 1. The van der Waals surface area contributed by atoms with Gasteiger partial charge in [0.05, 0.1) is 0 Å². The molecule has 0 fully saturated rings. The highest BCUT2D eigenvalue weighted by Crippen LogP contribution is 2.18. The fraction of sp³-hybridized carbons (Fsp3) is 0.294. The summed E-state index contributed by atoms with van der Waals surface area (Å²) in [6.07, 6.45) is 0. The van der Waals surface area contributed by atoms with Crippen molar-refractivity contribution in [3.8, 4) is 0 Å². The average Bonchev–Trinajstić information content (AvgIpc) is 2.48. The van der Waals surface area contributed by atoms with Crippen molar-refractivity contribution in [3.05, 3.63) is 71.3 Å². The van der Waals surface area contributed by atoms with E-state index < -0.39 is 11.6 Å². The lowest BCUT2D eigenvalue weighted by Crippen LogP contribution is -2.23. The van der Waals surface area contributed by atoms with Crippen LogP contribution in [0.3, 0.4) is 0 Å². The zero-order valence-electron chi connectivity index (χ0n) is 11.7. The van der Waals surface area contributed by atoms with Gasteiger partial charge in [-0.15, -0.1) is 0 Å². The first-order chi connectivity index (χ1) is 9.58. The molecule has 2 aromatic rings. The van der Waals surface area contributed by atoms with Crippen LogP contribution in [0.5, 0.6) is 0 Å². The Kier molecular flexibility index (Phi) is 4.85. The highest BCUT2D eigenvalue weighted by Gasteiger charge is 2.11. The maximum atomic E-state index is 13.2. The first kappa shape index (κ1) is 14.7. The van der Waals surface area contributed by atoms with E-state index in [2.05, 4.69) is 24.4 Å². The predicted octanol–water partition coefficient (Wildman–Crippen LogP) is 4.42. The minimum atomic E-state index is -0.807. The molecule has 20 heavy (non-hydrogen) atoms. The molecule has 0 saturated carbocycles. The summed E-state index contributed by atoms with van der Waals surface area (Å²) < 4.78 is 26.1. The van der Waals surface area contributed by atoms with E-state index in [0.717, 1.165) is 12.1 Å². The Morgan fingerprint density at radius 3 is 2.25 bits per heavy atom. The van der Waals surface area contributed by atoms with Crippen molar-refractivity contribution < 1.29 is 8.78 Å². The van der Waals surface area contributed by atoms with Gasteiger partial charge in [-0.25, -0.2) is 8.78 Å². The Morgan fingerprint density at radius 1 is 0.900 bits per heavy atom. The van der Waals surface area contributed by atoms with Gasteiger partial charge in [-0.05, 0) is 36.1 Å². The van der Waals surface area contributed by atoms with Gasteiger partial charge < -0.3 is 5.32 Å². The summed E-state index contributed by atoms with van der Waals surface area (Å²) in [6.45, 7) is 4.87. The molecule has 2 unspecified atom stereocenters. The van der Waals surface area contributed by atoms with Crippen molar-refractivity contribution >= 4 is 0 Å². The van der Waals surface area contributed by atoms with Crippen LogP contribution in [0.25, 0.3) is 0 Å². The van der Waals surface area contributed by atoms with Crippen LogP contribution in [0.15, 0.2) is 48.5 Å². The smallest absolute Gasteiger partial charge is 0.159 e. The number of hydrogen-bond donors (Lipinski definition) is 1. The first-order valence-electron chi connectivity index (χ1n) is 6.81. The molecule has 1 nitrogen and oxygen atoms in total. The monoisotopic (exact) mass is 275 g/mol. The van der Waals surface area contributed by atoms with E-state index in [9.17, 15) is 8.78 Å². The van der Waals surface area contributed by atoms with E-state index in [1.807, 2.05) is 25.1 Å². The van der Waals surface area contributed by atoms with Crippen LogP contribution >= 0.6 is 0 Å². The number of halogens is 2. The van der Waals surface area contributed by atoms with Gasteiger partial charge in [0.25, 0.3) is 0 Å². The van der Waals surface area contributed by atoms with Crippen molar-refractivity contribution in [2.24, 2.45) is 0 Å².